The Bertz CT molecular complexity index is 1680. The average Bonchev–Trinajstić information content (AvgIpc) is 3.38. The van der Waals surface area contributed by atoms with Crippen LogP contribution in [-0.4, -0.2) is 69.1 Å². The number of carbonyl (C=O) groups excluding carboxylic acids is 2. The first-order valence-corrected chi connectivity index (χ1v) is 14.9. The fourth-order valence-electron chi connectivity index (χ4n) is 4.89. The third-order valence-electron chi connectivity index (χ3n) is 7.04. The lowest BCUT2D eigenvalue weighted by molar-refractivity contribution is -0.137. The molecule has 0 spiro atoms. The van der Waals surface area contributed by atoms with Gasteiger partial charge in [-0.15, -0.1) is 0 Å². The van der Waals surface area contributed by atoms with Gasteiger partial charge in [0.25, 0.3) is 5.91 Å². The summed E-state index contributed by atoms with van der Waals surface area (Å²) in [6.45, 7) is 3.01. The number of hydrogen-bond acceptors (Lipinski definition) is 10. The highest BCUT2D eigenvalue weighted by Crippen LogP contribution is 2.35. The SMILES string of the molecule is COc1cnc(Cl)cc1-c1cc(C)ncc1C(=O)Nc1nc2ccc(N3CCC(NCCCCC(=O)O)CC3=O)nc2s1. The van der Waals surface area contributed by atoms with E-state index in [1.165, 1.54) is 30.8 Å². The van der Waals surface area contributed by atoms with E-state index >= 15 is 0 Å². The number of thiazole rings is 1. The molecule has 0 bridgehead atoms. The molecule has 14 heteroatoms. The Kier molecular flexibility index (Phi) is 9.43. The Morgan fingerprint density at radius 2 is 2.00 bits per heavy atom. The number of piperidine rings is 1. The lowest BCUT2D eigenvalue weighted by Gasteiger charge is -2.31. The van der Waals surface area contributed by atoms with E-state index in [2.05, 4.69) is 30.6 Å². The molecule has 1 unspecified atom stereocenters. The number of carboxylic acids is 1. The largest absolute Gasteiger partial charge is 0.494 e. The van der Waals surface area contributed by atoms with Crippen molar-refractivity contribution in [1.29, 1.82) is 0 Å². The smallest absolute Gasteiger partial charge is 0.303 e. The van der Waals surface area contributed by atoms with E-state index in [0.717, 1.165) is 12.8 Å². The second-order valence-electron chi connectivity index (χ2n) is 10.1. The van der Waals surface area contributed by atoms with Gasteiger partial charge in [0.05, 0.1) is 18.9 Å². The van der Waals surface area contributed by atoms with Gasteiger partial charge in [-0.2, -0.15) is 0 Å². The molecule has 0 aliphatic carbocycles. The highest BCUT2D eigenvalue weighted by atomic mass is 35.5. The quantitative estimate of drug-likeness (QED) is 0.158. The van der Waals surface area contributed by atoms with Crippen molar-refractivity contribution in [1.82, 2.24) is 25.3 Å². The molecule has 4 aromatic rings. The molecule has 1 atom stereocenters. The van der Waals surface area contributed by atoms with Crippen LogP contribution in [0.25, 0.3) is 21.5 Å². The number of amides is 2. The number of methoxy groups -OCH3 is 1. The molecule has 43 heavy (non-hydrogen) atoms. The lowest BCUT2D eigenvalue weighted by Crippen LogP contribution is -2.46. The molecule has 0 aromatic carbocycles. The molecule has 224 valence electrons. The van der Waals surface area contributed by atoms with Crippen molar-refractivity contribution in [2.24, 2.45) is 0 Å². The summed E-state index contributed by atoms with van der Waals surface area (Å²) in [6.07, 6.45) is 5.59. The number of pyridine rings is 3. The molecule has 0 saturated carbocycles. The van der Waals surface area contributed by atoms with Gasteiger partial charge in [-0.1, -0.05) is 22.9 Å². The monoisotopic (exact) mass is 623 g/mol. The van der Waals surface area contributed by atoms with E-state index in [-0.39, 0.29) is 23.5 Å². The van der Waals surface area contributed by atoms with E-state index in [9.17, 15) is 14.4 Å². The first kappa shape index (κ1) is 30.3. The topological polar surface area (TPSA) is 160 Å². The van der Waals surface area contributed by atoms with Gasteiger partial charge in [0.1, 0.15) is 27.1 Å². The van der Waals surface area contributed by atoms with Crippen molar-refractivity contribution in [3.63, 3.8) is 0 Å². The standard InChI is InChI=1S/C29H30ClN7O5S/c1-16-11-18(19-13-23(30)33-15-22(19)42-2)20(14-32-16)27(41)36-29-34-21-6-7-24(35-28(21)43-29)37-10-8-17(12-25(37)38)31-9-4-3-5-26(39)40/h6-7,11,13-15,17,31H,3-5,8-10,12H2,1-2H3,(H,39,40)(H,34,36,41). The van der Waals surface area contributed by atoms with Crippen molar-refractivity contribution < 1.29 is 24.2 Å². The predicted molar refractivity (Wildman–Crippen MR) is 164 cm³/mol. The summed E-state index contributed by atoms with van der Waals surface area (Å²) in [5, 5.41) is 15.6. The molecule has 12 nitrogen and oxygen atoms in total. The number of ether oxygens (including phenoxy) is 1. The summed E-state index contributed by atoms with van der Waals surface area (Å²) in [6, 6.07) is 7.01. The van der Waals surface area contributed by atoms with Crippen molar-refractivity contribution in [2.45, 2.75) is 45.1 Å². The maximum atomic E-state index is 13.4. The fraction of sp³-hybridized carbons (Fsp3) is 0.345. The molecular weight excluding hydrogens is 594 g/mol. The summed E-state index contributed by atoms with van der Waals surface area (Å²) in [5.41, 5.74) is 2.81. The molecule has 1 aliphatic heterocycles. The van der Waals surface area contributed by atoms with Crippen LogP contribution in [0.5, 0.6) is 5.75 Å². The third kappa shape index (κ3) is 7.24. The Morgan fingerprint density at radius 3 is 2.77 bits per heavy atom. The fourth-order valence-corrected chi connectivity index (χ4v) is 5.87. The number of aromatic nitrogens is 4. The molecule has 4 aromatic heterocycles. The normalized spacial score (nSPS) is 15.1. The minimum atomic E-state index is -0.797. The van der Waals surface area contributed by atoms with E-state index in [4.69, 9.17) is 21.4 Å². The van der Waals surface area contributed by atoms with E-state index in [1.54, 1.807) is 29.2 Å². The summed E-state index contributed by atoms with van der Waals surface area (Å²) in [5.74, 6) is -0.250. The Morgan fingerprint density at radius 1 is 1.16 bits per heavy atom. The van der Waals surface area contributed by atoms with Gasteiger partial charge in [0.15, 0.2) is 5.13 Å². The van der Waals surface area contributed by atoms with Crippen molar-refractivity contribution in [2.75, 3.05) is 30.4 Å². The van der Waals surface area contributed by atoms with Crippen LogP contribution in [0.3, 0.4) is 0 Å². The highest BCUT2D eigenvalue weighted by Gasteiger charge is 2.28. The number of rotatable bonds is 11. The van der Waals surface area contributed by atoms with Crippen molar-refractivity contribution in [3.05, 3.63) is 53.1 Å². The average molecular weight is 624 g/mol. The minimum absolute atomic E-state index is 0.0368. The number of unbranched alkanes of at least 4 members (excludes halogenated alkanes) is 1. The van der Waals surface area contributed by atoms with Gasteiger partial charge < -0.3 is 15.2 Å². The summed E-state index contributed by atoms with van der Waals surface area (Å²) in [7, 11) is 1.52. The number of fused-ring (bicyclic) bond motifs is 1. The lowest BCUT2D eigenvalue weighted by atomic mass is 10.0. The summed E-state index contributed by atoms with van der Waals surface area (Å²) >= 11 is 7.36. The van der Waals surface area contributed by atoms with Crippen LogP contribution in [0.1, 0.15) is 48.2 Å². The zero-order valence-electron chi connectivity index (χ0n) is 23.6. The zero-order chi connectivity index (χ0) is 30.5. The van der Waals surface area contributed by atoms with E-state index < -0.39 is 11.9 Å². The van der Waals surface area contributed by atoms with Crippen molar-refractivity contribution >= 4 is 62.0 Å². The molecule has 0 radical (unpaired) electrons. The van der Waals surface area contributed by atoms with Crippen molar-refractivity contribution in [3.8, 4) is 16.9 Å². The van der Waals surface area contributed by atoms with Gasteiger partial charge in [-0.05, 0) is 57.0 Å². The number of nitrogens with zero attached hydrogens (tertiary/aromatic N) is 5. The van der Waals surface area contributed by atoms with Crippen LogP contribution in [0.2, 0.25) is 5.15 Å². The number of hydrogen-bond donors (Lipinski definition) is 3. The Labute approximate surface area is 256 Å². The van der Waals surface area contributed by atoms with Gasteiger partial charge in [-0.3, -0.25) is 29.6 Å². The number of aliphatic carboxylic acids is 1. The number of aryl methyl sites for hydroxylation is 1. The number of halogens is 1. The van der Waals surface area contributed by atoms with Gasteiger partial charge in [0.2, 0.25) is 5.91 Å². The van der Waals surface area contributed by atoms with Gasteiger partial charge in [0, 0.05) is 48.4 Å². The van der Waals surface area contributed by atoms with Crippen LogP contribution >= 0.6 is 22.9 Å². The van der Waals surface area contributed by atoms with Crippen LogP contribution in [0.4, 0.5) is 10.9 Å². The van der Waals surface area contributed by atoms with Crippen LogP contribution in [0.15, 0.2) is 36.7 Å². The number of nitrogens with one attached hydrogen (secondary N) is 2. The Hall–Kier alpha value is -4.20. The number of anilines is 2. The second kappa shape index (κ2) is 13.4. The molecule has 1 aliphatic rings. The maximum Gasteiger partial charge on any atom is 0.303 e. The maximum absolute atomic E-state index is 13.4. The summed E-state index contributed by atoms with van der Waals surface area (Å²) < 4.78 is 5.45. The predicted octanol–water partition coefficient (Wildman–Crippen LogP) is 4.71. The Balaban J connectivity index is 1.28. The molecule has 1 saturated heterocycles. The molecule has 5 heterocycles. The first-order chi connectivity index (χ1) is 20.7. The van der Waals surface area contributed by atoms with Crippen LogP contribution < -0.4 is 20.3 Å². The third-order valence-corrected chi connectivity index (χ3v) is 8.13. The second-order valence-corrected chi connectivity index (χ2v) is 11.5. The number of carbonyl (C=O) groups is 3. The number of carboxylic acid groups (broad SMARTS) is 1. The minimum Gasteiger partial charge on any atom is -0.494 e. The molecule has 5 rings (SSSR count). The highest BCUT2D eigenvalue weighted by molar-refractivity contribution is 7.22. The molecule has 2 amide bonds. The molecule has 3 N–H and O–H groups in total. The van der Waals surface area contributed by atoms with Crippen LogP contribution in [-0.2, 0) is 9.59 Å². The van der Waals surface area contributed by atoms with E-state index in [1.807, 2.05) is 6.92 Å². The van der Waals surface area contributed by atoms with E-state index in [0.29, 0.717) is 75.4 Å². The van der Waals surface area contributed by atoms with Gasteiger partial charge in [-0.25, -0.2) is 15.0 Å². The molecule has 1 fully saturated rings. The first-order valence-electron chi connectivity index (χ1n) is 13.7. The van der Waals surface area contributed by atoms with Crippen LogP contribution in [0, 0.1) is 6.92 Å². The summed E-state index contributed by atoms with van der Waals surface area (Å²) in [4.78, 5) is 56.8. The van der Waals surface area contributed by atoms with Gasteiger partial charge >= 0.3 is 5.97 Å². The zero-order valence-corrected chi connectivity index (χ0v) is 25.2. The molecular formula is C29H30ClN7O5S.